The number of alkyl halides is 2. The molecule has 0 bridgehead atoms. The molecule has 0 aromatic carbocycles. The Morgan fingerprint density at radius 3 is 2.83 bits per heavy atom. The van der Waals surface area contributed by atoms with Crippen LogP contribution in [0.2, 0.25) is 0 Å². The Morgan fingerprint density at radius 2 is 2.12 bits per heavy atom. The number of carbonyl (C=O) groups is 1. The van der Waals surface area contributed by atoms with E-state index in [0.717, 1.165) is 31.0 Å². The predicted octanol–water partition coefficient (Wildman–Crippen LogP) is 2.81. The van der Waals surface area contributed by atoms with Gasteiger partial charge in [-0.2, -0.15) is 0 Å². The molecule has 2 heterocycles. The van der Waals surface area contributed by atoms with Gasteiger partial charge in [-0.15, -0.1) is 0 Å². The molecule has 1 aromatic heterocycles. The second kappa shape index (κ2) is 7.51. The molecule has 2 aliphatic rings. The van der Waals surface area contributed by atoms with Crippen LogP contribution in [0.1, 0.15) is 56.0 Å². The van der Waals surface area contributed by atoms with E-state index in [1.54, 1.807) is 12.3 Å². The number of aromatic nitrogens is 2. The molecule has 1 unspecified atom stereocenters. The van der Waals surface area contributed by atoms with Crippen LogP contribution in [-0.2, 0) is 16.1 Å². The maximum Gasteiger partial charge on any atom is 0.248 e. The van der Waals surface area contributed by atoms with Crippen molar-refractivity contribution < 1.29 is 18.3 Å². The molecule has 1 aliphatic carbocycles. The third-order valence-electron chi connectivity index (χ3n) is 4.79. The normalized spacial score (nSPS) is 24.5. The summed E-state index contributed by atoms with van der Waals surface area (Å²) in [6.07, 6.45) is 3.78. The number of hydrogen-bond donors (Lipinski definition) is 1. The van der Waals surface area contributed by atoms with Gasteiger partial charge in [-0.25, -0.2) is 18.7 Å². The summed E-state index contributed by atoms with van der Waals surface area (Å²) >= 11 is 0. The molecule has 5 nitrogen and oxygen atoms in total. The highest BCUT2D eigenvalue weighted by Gasteiger charge is 2.37. The van der Waals surface area contributed by atoms with E-state index < -0.39 is 5.92 Å². The summed E-state index contributed by atoms with van der Waals surface area (Å²) in [5, 5.41) is 2.82. The van der Waals surface area contributed by atoms with Gasteiger partial charge in [0.05, 0.1) is 18.8 Å². The standard InChI is InChI=1S/C17H23F2N3O2/c18-17(19)6-3-12(4-7-17)16(23)21-10-14-5-8-20-15(22-14)13-2-1-9-24-11-13/h5,8,12-13H,1-4,6-7,9-11H2,(H,21,23). The van der Waals surface area contributed by atoms with Gasteiger partial charge >= 0.3 is 0 Å². The Bertz CT molecular complexity index is 567. The van der Waals surface area contributed by atoms with Gasteiger partial charge in [0.25, 0.3) is 0 Å². The molecule has 1 amide bonds. The molecule has 1 aliphatic heterocycles. The third-order valence-corrected chi connectivity index (χ3v) is 4.79. The van der Waals surface area contributed by atoms with Crippen LogP contribution in [0, 0.1) is 5.92 Å². The number of ether oxygens (including phenoxy) is 1. The fraction of sp³-hybridized carbons (Fsp3) is 0.706. The lowest BCUT2D eigenvalue weighted by atomic mass is 9.86. The van der Waals surface area contributed by atoms with E-state index in [1.807, 2.05) is 0 Å². The lowest BCUT2D eigenvalue weighted by Crippen LogP contribution is -2.35. The van der Waals surface area contributed by atoms with Crippen molar-refractivity contribution in [3.63, 3.8) is 0 Å². The monoisotopic (exact) mass is 339 g/mol. The molecule has 1 saturated carbocycles. The Balaban J connectivity index is 1.52. The summed E-state index contributed by atoms with van der Waals surface area (Å²) in [6.45, 7) is 1.72. The summed E-state index contributed by atoms with van der Waals surface area (Å²) in [5.74, 6) is -2.14. The van der Waals surface area contributed by atoms with Crippen LogP contribution in [-0.4, -0.2) is 35.0 Å². The highest BCUT2D eigenvalue weighted by atomic mass is 19.3. The molecule has 3 rings (SSSR count). The number of halogens is 2. The fourth-order valence-electron chi connectivity index (χ4n) is 3.28. The van der Waals surface area contributed by atoms with Gasteiger partial charge in [0, 0.05) is 37.5 Å². The quantitative estimate of drug-likeness (QED) is 0.916. The van der Waals surface area contributed by atoms with Crippen LogP contribution >= 0.6 is 0 Å². The zero-order valence-electron chi connectivity index (χ0n) is 13.6. The van der Waals surface area contributed by atoms with Crippen molar-refractivity contribution in [3.05, 3.63) is 23.8 Å². The maximum absolute atomic E-state index is 13.2. The number of carbonyl (C=O) groups excluding carboxylic acids is 1. The second-order valence-electron chi connectivity index (χ2n) is 6.67. The van der Waals surface area contributed by atoms with Crippen molar-refractivity contribution in [1.29, 1.82) is 0 Å². The van der Waals surface area contributed by atoms with E-state index >= 15 is 0 Å². The molecule has 24 heavy (non-hydrogen) atoms. The van der Waals surface area contributed by atoms with E-state index in [-0.39, 0.29) is 43.4 Å². The van der Waals surface area contributed by atoms with Gasteiger partial charge in [-0.05, 0) is 31.7 Å². The number of rotatable bonds is 4. The van der Waals surface area contributed by atoms with Crippen molar-refractivity contribution in [2.24, 2.45) is 5.92 Å². The first-order chi connectivity index (χ1) is 11.5. The number of hydrogen-bond acceptors (Lipinski definition) is 4. The molecular weight excluding hydrogens is 316 g/mol. The van der Waals surface area contributed by atoms with Gasteiger partial charge in [0.1, 0.15) is 5.82 Å². The lowest BCUT2D eigenvalue weighted by molar-refractivity contribution is -0.129. The minimum atomic E-state index is -2.61. The van der Waals surface area contributed by atoms with Gasteiger partial charge < -0.3 is 10.1 Å². The average molecular weight is 339 g/mol. The van der Waals surface area contributed by atoms with Gasteiger partial charge in [0.15, 0.2) is 0 Å². The van der Waals surface area contributed by atoms with Crippen LogP contribution in [0.25, 0.3) is 0 Å². The predicted molar refractivity (Wildman–Crippen MR) is 83.6 cm³/mol. The van der Waals surface area contributed by atoms with E-state index in [0.29, 0.717) is 13.2 Å². The first kappa shape index (κ1) is 17.2. The first-order valence-corrected chi connectivity index (χ1v) is 8.59. The van der Waals surface area contributed by atoms with Crippen molar-refractivity contribution >= 4 is 5.91 Å². The van der Waals surface area contributed by atoms with Gasteiger partial charge in [-0.3, -0.25) is 4.79 Å². The maximum atomic E-state index is 13.2. The molecule has 1 aromatic rings. The Morgan fingerprint density at radius 1 is 1.33 bits per heavy atom. The largest absolute Gasteiger partial charge is 0.381 e. The van der Waals surface area contributed by atoms with Crippen molar-refractivity contribution in [1.82, 2.24) is 15.3 Å². The average Bonchev–Trinajstić information content (AvgIpc) is 2.61. The number of nitrogens with zero attached hydrogens (tertiary/aromatic N) is 2. The van der Waals surface area contributed by atoms with E-state index in [4.69, 9.17) is 4.74 Å². The minimum Gasteiger partial charge on any atom is -0.381 e. The molecule has 0 radical (unpaired) electrons. The van der Waals surface area contributed by atoms with Crippen LogP contribution < -0.4 is 5.32 Å². The summed E-state index contributed by atoms with van der Waals surface area (Å²) in [5.41, 5.74) is 0.736. The molecule has 132 valence electrons. The Hall–Kier alpha value is -1.63. The van der Waals surface area contributed by atoms with Gasteiger partial charge in [0.2, 0.25) is 11.8 Å². The SMILES string of the molecule is O=C(NCc1ccnc(C2CCCOC2)n1)C1CCC(F)(F)CC1. The van der Waals surface area contributed by atoms with E-state index in [9.17, 15) is 13.6 Å². The summed E-state index contributed by atoms with van der Waals surface area (Å²) in [7, 11) is 0. The molecule has 7 heteroatoms. The second-order valence-corrected chi connectivity index (χ2v) is 6.67. The molecule has 0 spiro atoms. The lowest BCUT2D eigenvalue weighted by Gasteiger charge is -2.27. The van der Waals surface area contributed by atoms with Crippen LogP contribution in [0.3, 0.4) is 0 Å². The number of nitrogens with one attached hydrogen (secondary N) is 1. The summed E-state index contributed by atoms with van der Waals surface area (Å²) in [4.78, 5) is 21.0. The van der Waals surface area contributed by atoms with Crippen LogP contribution in [0.4, 0.5) is 8.78 Å². The minimum absolute atomic E-state index is 0.160. The molecule has 1 saturated heterocycles. The highest BCUT2D eigenvalue weighted by Crippen LogP contribution is 2.36. The summed E-state index contributed by atoms with van der Waals surface area (Å²) in [6, 6.07) is 1.77. The van der Waals surface area contributed by atoms with Crippen molar-refractivity contribution in [3.8, 4) is 0 Å². The Labute approximate surface area is 140 Å². The zero-order valence-corrected chi connectivity index (χ0v) is 13.6. The summed E-state index contributed by atoms with van der Waals surface area (Å²) < 4.78 is 31.8. The van der Waals surface area contributed by atoms with Gasteiger partial charge in [-0.1, -0.05) is 0 Å². The smallest absolute Gasteiger partial charge is 0.248 e. The zero-order chi connectivity index (χ0) is 17.0. The van der Waals surface area contributed by atoms with Crippen molar-refractivity contribution in [2.75, 3.05) is 13.2 Å². The molecule has 1 atom stereocenters. The number of amides is 1. The highest BCUT2D eigenvalue weighted by molar-refractivity contribution is 5.78. The topological polar surface area (TPSA) is 64.1 Å². The van der Waals surface area contributed by atoms with Crippen LogP contribution in [0.5, 0.6) is 0 Å². The molecule has 1 N–H and O–H groups in total. The van der Waals surface area contributed by atoms with Crippen LogP contribution in [0.15, 0.2) is 12.3 Å². The Kier molecular flexibility index (Phi) is 5.38. The third kappa shape index (κ3) is 4.47. The molecular formula is C17H23F2N3O2. The van der Waals surface area contributed by atoms with Crippen molar-refractivity contribution in [2.45, 2.75) is 56.9 Å². The first-order valence-electron chi connectivity index (χ1n) is 8.59. The fourth-order valence-corrected chi connectivity index (χ4v) is 3.28. The van der Waals surface area contributed by atoms with E-state index in [1.165, 1.54) is 0 Å². The van der Waals surface area contributed by atoms with E-state index in [2.05, 4.69) is 15.3 Å². The molecule has 2 fully saturated rings.